The summed E-state index contributed by atoms with van der Waals surface area (Å²) in [5.74, 6) is 0.615. The van der Waals surface area contributed by atoms with Gasteiger partial charge in [-0.15, -0.1) is 0 Å². The average Bonchev–Trinajstić information content (AvgIpc) is 2.72. The van der Waals surface area contributed by atoms with Gasteiger partial charge in [0.1, 0.15) is 0 Å². The molecule has 8 nitrogen and oxygen atoms in total. The Morgan fingerprint density at radius 3 is 2.07 bits per heavy atom. The van der Waals surface area contributed by atoms with E-state index in [0.717, 1.165) is 4.31 Å². The van der Waals surface area contributed by atoms with Gasteiger partial charge in [0.2, 0.25) is 21.7 Å². The predicted octanol–water partition coefficient (Wildman–Crippen LogP) is 3.41. The molecule has 164 valence electrons. The van der Waals surface area contributed by atoms with E-state index in [2.05, 4.69) is 5.32 Å². The quantitative estimate of drug-likeness (QED) is 0.588. The van der Waals surface area contributed by atoms with Crippen LogP contribution in [0, 0.1) is 0 Å². The van der Waals surface area contributed by atoms with Crippen molar-refractivity contribution in [2.75, 3.05) is 39.7 Å². The minimum Gasteiger partial charge on any atom is -0.493 e. The fraction of sp³-hybridized carbons (Fsp3) is 0.350. The van der Waals surface area contributed by atoms with Crippen molar-refractivity contribution in [2.45, 2.75) is 18.2 Å². The molecule has 0 aliphatic heterocycles. The van der Waals surface area contributed by atoms with Crippen molar-refractivity contribution in [3.63, 3.8) is 0 Å². The Bertz CT molecular complexity index is 954. The van der Waals surface area contributed by atoms with E-state index in [9.17, 15) is 13.2 Å². The summed E-state index contributed by atoms with van der Waals surface area (Å²) >= 11 is 5.85. The molecular weight excluding hydrogens is 432 g/mol. The Labute approximate surface area is 181 Å². The third-order valence-electron chi connectivity index (χ3n) is 4.19. The van der Waals surface area contributed by atoms with Gasteiger partial charge in [-0.25, -0.2) is 8.42 Å². The number of carbonyl (C=O) groups is 1. The highest BCUT2D eigenvalue weighted by Crippen LogP contribution is 2.39. The van der Waals surface area contributed by atoms with Crippen LogP contribution in [0.3, 0.4) is 0 Å². The van der Waals surface area contributed by atoms with Gasteiger partial charge < -0.3 is 19.5 Å². The number of sulfonamides is 1. The molecule has 2 aromatic carbocycles. The maximum atomic E-state index is 13.0. The molecule has 0 fully saturated rings. The van der Waals surface area contributed by atoms with Crippen LogP contribution >= 0.6 is 11.6 Å². The monoisotopic (exact) mass is 456 g/mol. The molecule has 0 aliphatic carbocycles. The third-order valence-corrected chi connectivity index (χ3v) is 6.30. The summed E-state index contributed by atoms with van der Waals surface area (Å²) in [5, 5.41) is 3.11. The number of methoxy groups -OCH3 is 3. The molecule has 0 heterocycles. The smallest absolute Gasteiger partial charge is 0.243 e. The van der Waals surface area contributed by atoms with Gasteiger partial charge in [0.15, 0.2) is 11.5 Å². The zero-order valence-corrected chi connectivity index (χ0v) is 18.8. The van der Waals surface area contributed by atoms with Crippen LogP contribution in [0.2, 0.25) is 5.02 Å². The fourth-order valence-electron chi connectivity index (χ4n) is 2.80. The van der Waals surface area contributed by atoms with Crippen LogP contribution in [0.15, 0.2) is 41.3 Å². The minimum atomic E-state index is -3.86. The van der Waals surface area contributed by atoms with E-state index in [-0.39, 0.29) is 18.0 Å². The Morgan fingerprint density at radius 2 is 1.60 bits per heavy atom. The van der Waals surface area contributed by atoms with Gasteiger partial charge >= 0.3 is 0 Å². The first-order chi connectivity index (χ1) is 14.3. The molecule has 0 unspecified atom stereocenters. The second-order valence-electron chi connectivity index (χ2n) is 6.25. The number of anilines is 1. The van der Waals surface area contributed by atoms with E-state index in [4.69, 9.17) is 25.8 Å². The molecule has 0 bridgehead atoms. The van der Waals surface area contributed by atoms with Crippen molar-refractivity contribution in [2.24, 2.45) is 0 Å². The lowest BCUT2D eigenvalue weighted by Crippen LogP contribution is -2.38. The number of benzene rings is 2. The summed E-state index contributed by atoms with van der Waals surface area (Å²) in [5.41, 5.74) is 0.384. The highest BCUT2D eigenvalue weighted by atomic mass is 35.5. The number of hydrogen-bond acceptors (Lipinski definition) is 6. The third kappa shape index (κ3) is 5.56. The molecule has 0 atom stereocenters. The highest BCUT2D eigenvalue weighted by Gasteiger charge is 2.26. The van der Waals surface area contributed by atoms with Gasteiger partial charge in [-0.05, 0) is 30.7 Å². The van der Waals surface area contributed by atoms with Crippen LogP contribution in [0.25, 0.3) is 0 Å². The summed E-state index contributed by atoms with van der Waals surface area (Å²) in [6.45, 7) is 1.67. The molecule has 10 heteroatoms. The zero-order chi connectivity index (χ0) is 22.3. The summed E-state index contributed by atoms with van der Waals surface area (Å²) in [6.07, 6.45) is 0.546. The summed E-state index contributed by atoms with van der Waals surface area (Å²) in [7, 11) is 0.542. The zero-order valence-electron chi connectivity index (χ0n) is 17.3. The van der Waals surface area contributed by atoms with Gasteiger partial charge in [0.05, 0.1) is 32.8 Å². The molecule has 0 spiro atoms. The van der Waals surface area contributed by atoms with E-state index < -0.39 is 15.9 Å². The number of amides is 1. The SMILES string of the molecule is CCCN(CC(=O)Nc1cc(OC)c(OC)c(OC)c1)S(=O)(=O)c1ccc(Cl)cc1. The molecule has 1 amide bonds. The standard InChI is InChI=1S/C20H25ClN2O6S/c1-5-10-23(30(25,26)16-8-6-14(21)7-9-16)13-19(24)22-15-11-17(27-2)20(29-4)18(12-15)28-3/h6-9,11-12H,5,10,13H2,1-4H3,(H,22,24). The Kier molecular flexibility index (Phi) is 8.33. The van der Waals surface area contributed by atoms with Crippen LogP contribution in [0.1, 0.15) is 13.3 Å². The Morgan fingerprint density at radius 1 is 1.03 bits per heavy atom. The van der Waals surface area contributed by atoms with E-state index in [1.165, 1.54) is 45.6 Å². The van der Waals surface area contributed by atoms with Gasteiger partial charge in [-0.2, -0.15) is 4.31 Å². The van der Waals surface area contributed by atoms with E-state index in [1.54, 1.807) is 12.1 Å². The van der Waals surface area contributed by atoms with Crippen molar-refractivity contribution < 1.29 is 27.4 Å². The van der Waals surface area contributed by atoms with Crippen LogP contribution in [-0.2, 0) is 14.8 Å². The van der Waals surface area contributed by atoms with Crippen molar-refractivity contribution >= 4 is 33.2 Å². The molecule has 0 radical (unpaired) electrons. The van der Waals surface area contributed by atoms with Crippen LogP contribution in [-0.4, -0.2) is 53.0 Å². The number of rotatable bonds is 10. The molecule has 0 aliphatic rings. The number of carbonyl (C=O) groups excluding carboxylic acids is 1. The lowest BCUT2D eigenvalue weighted by atomic mass is 10.2. The lowest BCUT2D eigenvalue weighted by molar-refractivity contribution is -0.116. The Hall–Kier alpha value is -2.49. The fourth-order valence-corrected chi connectivity index (χ4v) is 4.42. The molecular formula is C20H25ClN2O6S. The molecule has 1 N–H and O–H groups in total. The highest BCUT2D eigenvalue weighted by molar-refractivity contribution is 7.89. The topological polar surface area (TPSA) is 94.2 Å². The average molecular weight is 457 g/mol. The second-order valence-corrected chi connectivity index (χ2v) is 8.63. The largest absolute Gasteiger partial charge is 0.493 e. The normalized spacial score (nSPS) is 11.3. The summed E-state index contributed by atoms with van der Waals surface area (Å²) in [4.78, 5) is 12.7. The summed E-state index contributed by atoms with van der Waals surface area (Å²) in [6, 6.07) is 8.95. The first-order valence-corrected chi connectivity index (χ1v) is 10.9. The first kappa shape index (κ1) is 23.8. The van der Waals surface area contributed by atoms with Crippen LogP contribution in [0.4, 0.5) is 5.69 Å². The maximum absolute atomic E-state index is 13.0. The van der Waals surface area contributed by atoms with Crippen molar-refractivity contribution in [1.29, 1.82) is 0 Å². The first-order valence-electron chi connectivity index (χ1n) is 9.12. The molecule has 2 aromatic rings. The van der Waals surface area contributed by atoms with Crippen LogP contribution in [0.5, 0.6) is 17.2 Å². The number of hydrogen-bond donors (Lipinski definition) is 1. The van der Waals surface area contributed by atoms with E-state index in [0.29, 0.717) is 34.4 Å². The van der Waals surface area contributed by atoms with Crippen molar-refractivity contribution in [3.05, 3.63) is 41.4 Å². The van der Waals surface area contributed by atoms with Gasteiger partial charge in [-0.3, -0.25) is 4.79 Å². The van der Waals surface area contributed by atoms with Crippen molar-refractivity contribution in [1.82, 2.24) is 4.31 Å². The van der Waals surface area contributed by atoms with E-state index >= 15 is 0 Å². The molecule has 0 aromatic heterocycles. The molecule has 0 saturated carbocycles. The number of nitrogens with one attached hydrogen (secondary N) is 1. The Balaban J connectivity index is 2.24. The molecule has 30 heavy (non-hydrogen) atoms. The van der Waals surface area contributed by atoms with E-state index in [1.807, 2.05) is 6.92 Å². The lowest BCUT2D eigenvalue weighted by Gasteiger charge is -2.21. The van der Waals surface area contributed by atoms with Crippen molar-refractivity contribution in [3.8, 4) is 17.2 Å². The predicted molar refractivity (Wildman–Crippen MR) is 115 cm³/mol. The van der Waals surface area contributed by atoms with Gasteiger partial charge in [-0.1, -0.05) is 18.5 Å². The maximum Gasteiger partial charge on any atom is 0.243 e. The summed E-state index contributed by atoms with van der Waals surface area (Å²) < 4.78 is 42.8. The minimum absolute atomic E-state index is 0.0703. The van der Waals surface area contributed by atoms with Crippen LogP contribution < -0.4 is 19.5 Å². The number of ether oxygens (including phenoxy) is 3. The molecule has 0 saturated heterocycles. The molecule has 2 rings (SSSR count). The number of halogens is 1. The van der Waals surface area contributed by atoms with Gasteiger partial charge in [0.25, 0.3) is 0 Å². The van der Waals surface area contributed by atoms with Gasteiger partial charge in [0, 0.05) is 29.4 Å². The second kappa shape index (κ2) is 10.5. The number of nitrogens with zero attached hydrogens (tertiary/aromatic N) is 1.